The third kappa shape index (κ3) is 8.35. The molecular formula is C24H38F4O3. The Hall–Kier alpha value is -1.18. The van der Waals surface area contributed by atoms with E-state index in [4.69, 9.17) is 14.2 Å². The molecule has 0 aliphatic carbocycles. The van der Waals surface area contributed by atoms with Crippen molar-refractivity contribution in [2.45, 2.75) is 90.4 Å². The van der Waals surface area contributed by atoms with Gasteiger partial charge in [-0.1, -0.05) is 51.9 Å². The van der Waals surface area contributed by atoms with E-state index < -0.39 is 29.2 Å². The average molecular weight is 451 g/mol. The Kier molecular flexibility index (Phi) is 13.3. The van der Waals surface area contributed by atoms with Gasteiger partial charge >= 0.3 is 0 Å². The van der Waals surface area contributed by atoms with Crippen molar-refractivity contribution in [3.8, 4) is 0 Å². The fourth-order valence-electron chi connectivity index (χ4n) is 4.03. The van der Waals surface area contributed by atoms with Crippen LogP contribution in [0.4, 0.5) is 17.6 Å². The van der Waals surface area contributed by atoms with Gasteiger partial charge in [-0.3, -0.25) is 0 Å². The Labute approximate surface area is 184 Å². The fraction of sp³-hybridized carbons (Fsp3) is 0.750. The molecule has 1 aromatic rings. The van der Waals surface area contributed by atoms with Gasteiger partial charge in [0.25, 0.3) is 5.97 Å². The van der Waals surface area contributed by atoms with Crippen LogP contribution in [0, 0.1) is 29.2 Å². The standard InChI is InChI=1S/C24H38F4O3/c1-5-7-8-9-10-11-15-19(24(29-3,30-4)31-6-2)16-13-12-14-18-17-20(25)22(27)23(28)21(18)26/h17,19H,5-16H2,1-4H3. The van der Waals surface area contributed by atoms with E-state index in [9.17, 15) is 17.6 Å². The van der Waals surface area contributed by atoms with E-state index in [1.165, 1.54) is 25.7 Å². The third-order valence-electron chi connectivity index (χ3n) is 5.75. The molecule has 0 aliphatic heterocycles. The summed E-state index contributed by atoms with van der Waals surface area (Å²) >= 11 is 0. The highest BCUT2D eigenvalue weighted by Gasteiger charge is 2.39. The second kappa shape index (κ2) is 14.8. The second-order valence-electron chi connectivity index (χ2n) is 7.90. The summed E-state index contributed by atoms with van der Waals surface area (Å²) in [4.78, 5) is 0. The molecular weight excluding hydrogens is 412 g/mol. The van der Waals surface area contributed by atoms with E-state index in [2.05, 4.69) is 6.92 Å². The van der Waals surface area contributed by atoms with Crippen LogP contribution in [-0.4, -0.2) is 26.8 Å². The molecule has 0 saturated heterocycles. The smallest absolute Gasteiger partial charge is 0.285 e. The summed E-state index contributed by atoms with van der Waals surface area (Å²) in [6.45, 7) is 4.48. The van der Waals surface area contributed by atoms with Crippen LogP contribution < -0.4 is 0 Å². The lowest BCUT2D eigenvalue weighted by Crippen LogP contribution is -2.45. The Morgan fingerprint density at radius 2 is 1.35 bits per heavy atom. The molecule has 0 saturated carbocycles. The van der Waals surface area contributed by atoms with Crippen LogP contribution in [0.25, 0.3) is 0 Å². The minimum atomic E-state index is -1.78. The molecule has 0 radical (unpaired) electrons. The predicted molar refractivity (Wildman–Crippen MR) is 114 cm³/mol. The number of unbranched alkanes of at least 4 members (excludes halogenated alkanes) is 6. The van der Waals surface area contributed by atoms with Gasteiger partial charge in [0.15, 0.2) is 23.3 Å². The van der Waals surface area contributed by atoms with Gasteiger partial charge in [0.05, 0.1) is 0 Å². The van der Waals surface area contributed by atoms with E-state index in [1.54, 1.807) is 14.2 Å². The van der Waals surface area contributed by atoms with Crippen molar-refractivity contribution in [1.29, 1.82) is 0 Å². The first-order chi connectivity index (χ1) is 14.9. The molecule has 0 N–H and O–H groups in total. The summed E-state index contributed by atoms with van der Waals surface area (Å²) in [6.07, 6.45) is 9.77. The van der Waals surface area contributed by atoms with Gasteiger partial charge in [-0.2, -0.15) is 0 Å². The molecule has 31 heavy (non-hydrogen) atoms. The molecule has 0 bridgehead atoms. The minimum Gasteiger partial charge on any atom is -0.331 e. The molecule has 1 unspecified atom stereocenters. The molecule has 0 spiro atoms. The van der Waals surface area contributed by atoms with Crippen molar-refractivity contribution in [3.05, 3.63) is 34.9 Å². The van der Waals surface area contributed by atoms with Gasteiger partial charge < -0.3 is 14.2 Å². The Balaban J connectivity index is 2.70. The van der Waals surface area contributed by atoms with Crippen molar-refractivity contribution < 1.29 is 31.8 Å². The maximum atomic E-state index is 13.9. The van der Waals surface area contributed by atoms with Crippen LogP contribution >= 0.6 is 0 Å². The molecule has 0 amide bonds. The zero-order chi connectivity index (χ0) is 23.3. The maximum absolute atomic E-state index is 13.9. The number of aryl methyl sites for hydroxylation is 1. The summed E-state index contributed by atoms with van der Waals surface area (Å²) in [5, 5.41) is 0. The van der Waals surface area contributed by atoms with Crippen molar-refractivity contribution in [2.75, 3.05) is 20.8 Å². The van der Waals surface area contributed by atoms with E-state index in [-0.39, 0.29) is 17.9 Å². The molecule has 0 aliphatic rings. The van der Waals surface area contributed by atoms with Crippen LogP contribution in [0.1, 0.15) is 83.6 Å². The number of rotatable bonds is 17. The predicted octanol–water partition coefficient (Wildman–Crippen LogP) is 7.31. The number of methoxy groups -OCH3 is 2. The quantitative estimate of drug-likeness (QED) is 0.0819. The molecule has 180 valence electrons. The fourth-order valence-corrected chi connectivity index (χ4v) is 4.03. The highest BCUT2D eigenvalue weighted by Crippen LogP contribution is 2.33. The zero-order valence-corrected chi connectivity index (χ0v) is 19.4. The molecule has 0 fully saturated rings. The second-order valence-corrected chi connectivity index (χ2v) is 7.90. The zero-order valence-electron chi connectivity index (χ0n) is 19.4. The van der Waals surface area contributed by atoms with Crippen molar-refractivity contribution >= 4 is 0 Å². The summed E-state index contributed by atoms with van der Waals surface area (Å²) < 4.78 is 70.9. The number of benzene rings is 1. The highest BCUT2D eigenvalue weighted by atomic mass is 19.2. The van der Waals surface area contributed by atoms with Crippen LogP contribution in [0.15, 0.2) is 6.07 Å². The van der Waals surface area contributed by atoms with E-state index in [0.717, 1.165) is 25.3 Å². The average Bonchev–Trinajstić information content (AvgIpc) is 2.77. The molecule has 3 nitrogen and oxygen atoms in total. The maximum Gasteiger partial charge on any atom is 0.285 e. The van der Waals surface area contributed by atoms with Gasteiger partial charge in [-0.15, -0.1) is 0 Å². The summed E-state index contributed by atoms with van der Waals surface area (Å²) in [6, 6.07) is 0.732. The molecule has 1 rings (SSSR count). The number of hydrogen-bond acceptors (Lipinski definition) is 3. The lowest BCUT2D eigenvalue weighted by molar-refractivity contribution is -0.388. The monoisotopic (exact) mass is 450 g/mol. The minimum absolute atomic E-state index is 0.0415. The summed E-state index contributed by atoms with van der Waals surface area (Å²) in [7, 11) is 3.10. The lowest BCUT2D eigenvalue weighted by atomic mass is 9.91. The van der Waals surface area contributed by atoms with E-state index in [1.807, 2.05) is 6.92 Å². The Bertz CT molecular complexity index is 636. The van der Waals surface area contributed by atoms with Crippen molar-refractivity contribution in [3.63, 3.8) is 0 Å². The van der Waals surface area contributed by atoms with Gasteiger partial charge in [0.1, 0.15) is 0 Å². The first-order valence-electron chi connectivity index (χ1n) is 11.4. The third-order valence-corrected chi connectivity index (χ3v) is 5.75. The number of ether oxygens (including phenoxy) is 3. The first kappa shape index (κ1) is 27.9. The largest absolute Gasteiger partial charge is 0.331 e. The summed E-state index contributed by atoms with van der Waals surface area (Å²) in [5.74, 6) is -7.42. The number of hydrogen-bond donors (Lipinski definition) is 0. The van der Waals surface area contributed by atoms with Crippen LogP contribution in [0.5, 0.6) is 0 Å². The van der Waals surface area contributed by atoms with E-state index in [0.29, 0.717) is 25.9 Å². The molecule has 0 heterocycles. The lowest BCUT2D eigenvalue weighted by Gasteiger charge is -2.37. The van der Waals surface area contributed by atoms with Crippen LogP contribution in [-0.2, 0) is 20.6 Å². The van der Waals surface area contributed by atoms with Crippen LogP contribution in [0.2, 0.25) is 0 Å². The van der Waals surface area contributed by atoms with Crippen molar-refractivity contribution in [2.24, 2.45) is 5.92 Å². The van der Waals surface area contributed by atoms with E-state index >= 15 is 0 Å². The molecule has 0 aromatic heterocycles. The van der Waals surface area contributed by atoms with Crippen LogP contribution in [0.3, 0.4) is 0 Å². The van der Waals surface area contributed by atoms with Gasteiger partial charge in [0.2, 0.25) is 0 Å². The first-order valence-corrected chi connectivity index (χ1v) is 11.4. The SMILES string of the molecule is CCCCCCCCC(CCCCc1cc(F)c(F)c(F)c1F)C(OC)(OC)OCC. The normalized spacial score (nSPS) is 13.0. The van der Waals surface area contributed by atoms with Gasteiger partial charge in [0, 0.05) is 26.7 Å². The molecule has 1 aromatic carbocycles. The van der Waals surface area contributed by atoms with Gasteiger partial charge in [-0.25, -0.2) is 17.6 Å². The summed E-state index contributed by atoms with van der Waals surface area (Å²) in [5.41, 5.74) is -0.154. The Morgan fingerprint density at radius 3 is 1.94 bits per heavy atom. The molecule has 7 heteroatoms. The Morgan fingerprint density at radius 1 is 0.774 bits per heavy atom. The highest BCUT2D eigenvalue weighted by molar-refractivity contribution is 5.21. The number of halogens is 4. The molecule has 1 atom stereocenters. The topological polar surface area (TPSA) is 27.7 Å². The van der Waals surface area contributed by atoms with Crippen molar-refractivity contribution in [1.82, 2.24) is 0 Å². The van der Waals surface area contributed by atoms with Gasteiger partial charge in [-0.05, 0) is 44.2 Å².